The first-order chi connectivity index (χ1) is 28.7. The van der Waals surface area contributed by atoms with E-state index in [4.69, 9.17) is 19.5 Å². The number of carbonyl (C=O) groups is 3. The van der Waals surface area contributed by atoms with Crippen molar-refractivity contribution >= 4 is 17.9 Å². The molecule has 8 nitrogen and oxygen atoms in total. The molecule has 358 valence electrons. The quantitative estimate of drug-likeness (QED) is 0.161. The summed E-state index contributed by atoms with van der Waals surface area (Å²) in [6, 6.07) is 1.75. The van der Waals surface area contributed by atoms with Crippen LogP contribution in [-0.4, -0.2) is 48.4 Å². The summed E-state index contributed by atoms with van der Waals surface area (Å²) in [5.74, 6) is 2.87. The highest BCUT2D eigenvalue weighted by Crippen LogP contribution is 2.75. The molecule has 9 saturated carbocycles. The first-order valence-electron chi connectivity index (χ1n) is 25.2. The maximum atomic E-state index is 12.5. The molecule has 9 aliphatic carbocycles. The highest BCUT2D eigenvalue weighted by Gasteiger charge is 2.67. The summed E-state index contributed by atoms with van der Waals surface area (Å²) >= 11 is 0. The third-order valence-electron chi connectivity index (χ3n) is 18.0. The van der Waals surface area contributed by atoms with E-state index in [-0.39, 0.29) is 40.8 Å². The van der Waals surface area contributed by atoms with Crippen molar-refractivity contribution in [2.75, 3.05) is 19.8 Å². The lowest BCUT2D eigenvalue weighted by Crippen LogP contribution is -2.64. The molecule has 0 spiro atoms. The number of nitriles is 1. The molecule has 0 amide bonds. The monoisotopic (exact) mass is 870 g/mol. The van der Waals surface area contributed by atoms with Crippen LogP contribution in [0.3, 0.4) is 0 Å². The highest BCUT2D eigenvalue weighted by molar-refractivity contribution is 5.76. The zero-order valence-electron chi connectivity index (χ0n) is 42.8. The summed E-state index contributed by atoms with van der Waals surface area (Å²) in [4.78, 5) is 35.7. The van der Waals surface area contributed by atoms with E-state index in [0.717, 1.165) is 62.7 Å². The lowest BCUT2D eigenvalue weighted by molar-refractivity contribution is -0.234. The van der Waals surface area contributed by atoms with Gasteiger partial charge in [-0.2, -0.15) is 5.26 Å². The smallest absolute Gasteiger partial charge is 0.311 e. The molecule has 0 aromatic heterocycles. The zero-order chi connectivity index (χ0) is 47.0. The maximum Gasteiger partial charge on any atom is 0.311 e. The Hall–Kier alpha value is -2.14. The molecule has 0 aliphatic heterocycles. The Kier molecular flexibility index (Phi) is 18.7. The molecule has 0 aromatic rings. The van der Waals surface area contributed by atoms with Crippen LogP contribution in [0.5, 0.6) is 0 Å². The molecule has 0 saturated heterocycles. The second kappa shape index (κ2) is 21.4. The predicted octanol–water partition coefficient (Wildman–Crippen LogP) is 13.6. The Morgan fingerprint density at radius 3 is 1.35 bits per heavy atom. The van der Waals surface area contributed by atoms with E-state index >= 15 is 0 Å². The van der Waals surface area contributed by atoms with Crippen LogP contribution < -0.4 is 0 Å². The van der Waals surface area contributed by atoms with Gasteiger partial charge in [-0.25, -0.2) is 0 Å². The molecule has 9 rings (SSSR count). The average Bonchev–Trinajstić information content (AvgIpc) is 3.21. The van der Waals surface area contributed by atoms with Gasteiger partial charge in [0.05, 0.1) is 35.5 Å². The molecule has 9 aliphatic rings. The molecule has 4 atom stereocenters. The SMILES string of the molecule is C1CCCCC1.CC#N.CCC(C)(C)C(=O)OCC1(O)C2CC3CC(C2)CC1C3.CCC(C)(C)C(=O)OCC12CC3CC(C)(C1)CC(C)(C2)C3(C)C.CCOC(=O)C(C)(C)CC. The van der Waals surface area contributed by atoms with Crippen LogP contribution in [0.15, 0.2) is 0 Å². The number of esters is 3. The van der Waals surface area contributed by atoms with Crippen molar-refractivity contribution in [3.05, 3.63) is 0 Å². The molecular formula is C54H95NO7. The summed E-state index contributed by atoms with van der Waals surface area (Å²) < 4.78 is 16.3. The third-order valence-corrected chi connectivity index (χ3v) is 18.0. The Bertz CT molecular complexity index is 1480. The van der Waals surface area contributed by atoms with Crippen molar-refractivity contribution in [2.45, 2.75) is 231 Å². The van der Waals surface area contributed by atoms with Crippen LogP contribution in [-0.2, 0) is 28.6 Å². The van der Waals surface area contributed by atoms with Crippen LogP contribution in [0.25, 0.3) is 0 Å². The number of carbonyl (C=O) groups excluding carboxylic acids is 3. The summed E-state index contributed by atoms with van der Waals surface area (Å²) in [6.07, 6.45) is 23.8. The van der Waals surface area contributed by atoms with Gasteiger partial charge in [-0.3, -0.25) is 14.4 Å². The Labute approximate surface area is 380 Å². The molecular weight excluding hydrogens is 775 g/mol. The second-order valence-corrected chi connectivity index (χ2v) is 24.5. The van der Waals surface area contributed by atoms with E-state index in [0.29, 0.717) is 41.3 Å². The minimum atomic E-state index is -0.743. The molecule has 0 aromatic carbocycles. The predicted molar refractivity (Wildman–Crippen MR) is 251 cm³/mol. The van der Waals surface area contributed by atoms with Gasteiger partial charge in [-0.15, -0.1) is 0 Å². The van der Waals surface area contributed by atoms with Gasteiger partial charge < -0.3 is 19.3 Å². The van der Waals surface area contributed by atoms with E-state index in [1.165, 1.54) is 84.0 Å². The fraction of sp³-hybridized carbons (Fsp3) is 0.926. The summed E-state index contributed by atoms with van der Waals surface area (Å²) in [7, 11) is 0. The first kappa shape index (κ1) is 54.2. The van der Waals surface area contributed by atoms with Crippen LogP contribution in [0.2, 0.25) is 0 Å². The molecule has 8 bridgehead atoms. The number of aliphatic hydroxyl groups is 1. The summed E-state index contributed by atoms with van der Waals surface area (Å²) in [6.45, 7) is 32.2. The summed E-state index contributed by atoms with van der Waals surface area (Å²) in [5.41, 5.74) is -0.338. The minimum Gasteiger partial charge on any atom is -0.466 e. The van der Waals surface area contributed by atoms with Crippen molar-refractivity contribution in [1.82, 2.24) is 0 Å². The maximum absolute atomic E-state index is 12.5. The molecule has 0 radical (unpaired) electrons. The zero-order valence-corrected chi connectivity index (χ0v) is 42.8. The van der Waals surface area contributed by atoms with Gasteiger partial charge in [0.25, 0.3) is 0 Å². The Balaban J connectivity index is 0.000000237. The number of ether oxygens (including phenoxy) is 3. The molecule has 8 heteroatoms. The van der Waals surface area contributed by atoms with Crippen molar-refractivity contribution in [1.29, 1.82) is 5.26 Å². The van der Waals surface area contributed by atoms with Gasteiger partial charge in [-0.05, 0) is 178 Å². The second-order valence-electron chi connectivity index (χ2n) is 24.5. The number of nitrogens with zero attached hydrogens (tertiary/aromatic N) is 1. The Morgan fingerprint density at radius 2 is 0.984 bits per heavy atom. The first-order valence-corrected chi connectivity index (χ1v) is 25.2. The van der Waals surface area contributed by atoms with Gasteiger partial charge in [0, 0.05) is 12.3 Å². The number of rotatable bonds is 11. The lowest BCUT2D eigenvalue weighted by Gasteiger charge is -2.71. The van der Waals surface area contributed by atoms with Gasteiger partial charge in [0.1, 0.15) is 12.2 Å². The van der Waals surface area contributed by atoms with Crippen molar-refractivity contribution in [3.8, 4) is 6.07 Å². The fourth-order valence-electron chi connectivity index (χ4n) is 12.8. The largest absolute Gasteiger partial charge is 0.466 e. The molecule has 4 unspecified atom stereocenters. The van der Waals surface area contributed by atoms with Crippen molar-refractivity contribution in [3.63, 3.8) is 0 Å². The van der Waals surface area contributed by atoms with Gasteiger partial charge in [0.15, 0.2) is 0 Å². The molecule has 9 fully saturated rings. The number of hydrogen-bond donors (Lipinski definition) is 1. The third kappa shape index (κ3) is 12.8. The van der Waals surface area contributed by atoms with Crippen LogP contribution in [0, 0.1) is 78.8 Å². The van der Waals surface area contributed by atoms with E-state index in [1.54, 1.807) is 6.07 Å². The van der Waals surface area contributed by atoms with Crippen LogP contribution >= 0.6 is 0 Å². The molecule has 0 heterocycles. The van der Waals surface area contributed by atoms with E-state index in [1.807, 2.05) is 62.3 Å². The van der Waals surface area contributed by atoms with Gasteiger partial charge >= 0.3 is 17.9 Å². The van der Waals surface area contributed by atoms with Crippen molar-refractivity contribution in [2.24, 2.45) is 67.5 Å². The Morgan fingerprint density at radius 1 is 0.597 bits per heavy atom. The normalized spacial score (nSPS) is 34.5. The molecule has 1 N–H and O–H groups in total. The van der Waals surface area contributed by atoms with E-state index in [9.17, 15) is 19.5 Å². The standard InChI is InChI=1S/C21H36O2.C17H28O3.C8H16O2.C6H12.C2H3N/c1-8-17(2,3)16(22)23-14-21-10-15-9-19(6,12-21)11-20(7,13-21)18(15,4)5;1-4-16(2,3)15(18)20-10-17(19)13-6-11-5-12(8-13)9-14(17)7-11;1-5-8(3,4)7(9)10-6-2;1-2-4-6-5-3-1;1-2-3/h15H,8-14H2,1-7H3;11-14,19H,4-10H2,1-3H3;5-6H2,1-4H3;1-6H2;1H3. The average molecular weight is 870 g/mol. The minimum absolute atomic E-state index is 0.00897. The van der Waals surface area contributed by atoms with E-state index in [2.05, 4.69) is 34.6 Å². The van der Waals surface area contributed by atoms with Gasteiger partial charge in [0.2, 0.25) is 0 Å². The van der Waals surface area contributed by atoms with Gasteiger partial charge in [-0.1, -0.05) is 87.0 Å². The lowest BCUT2D eigenvalue weighted by atomic mass is 9.33. The fourth-order valence-corrected chi connectivity index (χ4v) is 12.8. The van der Waals surface area contributed by atoms with Crippen LogP contribution in [0.4, 0.5) is 0 Å². The van der Waals surface area contributed by atoms with Crippen molar-refractivity contribution < 1.29 is 33.7 Å². The summed E-state index contributed by atoms with van der Waals surface area (Å²) in [5, 5.41) is 18.4. The topological polar surface area (TPSA) is 123 Å². The van der Waals surface area contributed by atoms with E-state index < -0.39 is 11.0 Å². The number of hydrogen-bond acceptors (Lipinski definition) is 8. The highest BCUT2D eigenvalue weighted by atomic mass is 16.5. The molecule has 62 heavy (non-hydrogen) atoms. The van der Waals surface area contributed by atoms with Crippen LogP contribution in [0.1, 0.15) is 226 Å².